The molecule has 0 N–H and O–H groups in total. The van der Waals surface area contributed by atoms with Gasteiger partial charge in [0.2, 0.25) is 5.78 Å². The van der Waals surface area contributed by atoms with Crippen LogP contribution in [0, 0.1) is 20.8 Å². The molecule has 8 heteroatoms. The number of rotatable bonds is 6. The van der Waals surface area contributed by atoms with E-state index in [9.17, 15) is 4.79 Å². The van der Waals surface area contributed by atoms with E-state index in [1.165, 1.54) is 11.8 Å². The van der Waals surface area contributed by atoms with Gasteiger partial charge in [-0.15, -0.1) is 10.2 Å². The molecule has 4 aromatic rings. The lowest BCUT2D eigenvalue weighted by Crippen LogP contribution is -2.06. The maximum Gasteiger partial charge on any atom is 0.210 e. The summed E-state index contributed by atoms with van der Waals surface area (Å²) in [6.45, 7) is 5.53. The highest BCUT2D eigenvalue weighted by atomic mass is 32.2. The molecule has 0 unspecified atom stereocenters. The number of ketones is 1. The van der Waals surface area contributed by atoms with Crippen molar-refractivity contribution in [2.24, 2.45) is 0 Å². The predicted molar refractivity (Wildman–Crippen MR) is 110 cm³/mol. The molecule has 0 atom stereocenters. The molecule has 3 aromatic heterocycles. The Labute approximate surface area is 172 Å². The van der Waals surface area contributed by atoms with Gasteiger partial charge in [-0.05, 0) is 37.6 Å². The van der Waals surface area contributed by atoms with Crippen molar-refractivity contribution in [3.8, 4) is 17.1 Å². The minimum Gasteiger partial charge on any atom is -0.438 e. The van der Waals surface area contributed by atoms with Crippen molar-refractivity contribution in [1.82, 2.24) is 24.7 Å². The summed E-state index contributed by atoms with van der Waals surface area (Å²) in [6.07, 6.45) is 3.47. The van der Waals surface area contributed by atoms with Crippen LogP contribution in [-0.4, -0.2) is 36.3 Å². The van der Waals surface area contributed by atoms with E-state index in [4.69, 9.17) is 4.42 Å². The third-order valence-corrected chi connectivity index (χ3v) is 5.33. The summed E-state index contributed by atoms with van der Waals surface area (Å²) < 4.78 is 7.41. The van der Waals surface area contributed by atoms with Crippen LogP contribution in [-0.2, 0) is 0 Å². The molecule has 7 nitrogen and oxygen atoms in total. The first-order chi connectivity index (χ1) is 14.0. The molecule has 29 heavy (non-hydrogen) atoms. The van der Waals surface area contributed by atoms with Crippen LogP contribution in [0.15, 0.2) is 58.4 Å². The molecule has 1 aromatic carbocycles. The number of hydrogen-bond acceptors (Lipinski definition) is 7. The maximum absolute atomic E-state index is 12.6. The van der Waals surface area contributed by atoms with Crippen LogP contribution in [0.2, 0.25) is 0 Å². The fourth-order valence-corrected chi connectivity index (χ4v) is 3.87. The standard InChI is InChI=1S/C21H19N5O2S/c1-13-7-4-5-9-17(13)26-20(16-8-6-10-22-11-16)24-25-21(26)29-12-18(27)19-14(2)23-15(3)28-19/h4-11H,12H2,1-3H3. The number of benzene rings is 1. The quantitative estimate of drug-likeness (QED) is 0.351. The molecular weight excluding hydrogens is 386 g/mol. The monoisotopic (exact) mass is 405 g/mol. The van der Waals surface area contributed by atoms with Gasteiger partial charge in [0.15, 0.2) is 22.6 Å². The molecule has 0 bridgehead atoms. The number of carbonyl (C=O) groups is 1. The minimum absolute atomic E-state index is 0.129. The van der Waals surface area contributed by atoms with Crippen LogP contribution < -0.4 is 0 Å². The van der Waals surface area contributed by atoms with E-state index in [-0.39, 0.29) is 11.5 Å². The second-order valence-electron chi connectivity index (χ2n) is 6.53. The summed E-state index contributed by atoms with van der Waals surface area (Å²) >= 11 is 1.32. The number of aromatic nitrogens is 5. The van der Waals surface area contributed by atoms with E-state index < -0.39 is 0 Å². The number of aryl methyl sites for hydroxylation is 3. The van der Waals surface area contributed by atoms with Crippen molar-refractivity contribution in [2.45, 2.75) is 25.9 Å². The third kappa shape index (κ3) is 3.84. The Morgan fingerprint density at radius 3 is 2.62 bits per heavy atom. The predicted octanol–water partition coefficient (Wildman–Crippen LogP) is 4.22. The molecule has 0 amide bonds. The SMILES string of the molecule is Cc1nc(C)c(C(=O)CSc2nnc(-c3cccnc3)n2-c2ccccc2C)o1. The van der Waals surface area contributed by atoms with Gasteiger partial charge in [0, 0.05) is 24.9 Å². The van der Waals surface area contributed by atoms with Crippen LogP contribution in [0.1, 0.15) is 27.7 Å². The number of para-hydroxylation sites is 1. The molecule has 0 aliphatic heterocycles. The normalized spacial score (nSPS) is 11.0. The van der Waals surface area contributed by atoms with Crippen LogP contribution in [0.3, 0.4) is 0 Å². The van der Waals surface area contributed by atoms with Gasteiger partial charge in [-0.1, -0.05) is 30.0 Å². The second kappa shape index (κ2) is 8.00. The molecule has 0 radical (unpaired) electrons. The van der Waals surface area contributed by atoms with E-state index >= 15 is 0 Å². The Morgan fingerprint density at radius 2 is 1.93 bits per heavy atom. The molecule has 3 heterocycles. The maximum atomic E-state index is 12.6. The van der Waals surface area contributed by atoms with Gasteiger partial charge in [0.25, 0.3) is 0 Å². The first-order valence-electron chi connectivity index (χ1n) is 9.06. The number of pyridine rings is 1. The van der Waals surface area contributed by atoms with E-state index in [2.05, 4.69) is 20.2 Å². The summed E-state index contributed by atoms with van der Waals surface area (Å²) in [6, 6.07) is 11.8. The number of Topliss-reactive ketones (excluding diaryl/α,β-unsaturated/α-hetero) is 1. The van der Waals surface area contributed by atoms with Crippen molar-refractivity contribution in [1.29, 1.82) is 0 Å². The van der Waals surface area contributed by atoms with E-state index in [0.29, 0.717) is 28.3 Å². The minimum atomic E-state index is -0.129. The average molecular weight is 405 g/mol. The fourth-order valence-electron chi connectivity index (χ4n) is 3.06. The summed E-state index contributed by atoms with van der Waals surface area (Å²) in [5, 5.41) is 9.36. The molecule has 4 rings (SSSR count). The van der Waals surface area contributed by atoms with Gasteiger partial charge < -0.3 is 4.42 Å². The van der Waals surface area contributed by atoms with Crippen molar-refractivity contribution in [2.75, 3.05) is 5.75 Å². The lowest BCUT2D eigenvalue weighted by atomic mass is 10.2. The van der Waals surface area contributed by atoms with Crippen molar-refractivity contribution in [3.05, 3.63) is 71.7 Å². The highest BCUT2D eigenvalue weighted by molar-refractivity contribution is 7.99. The highest BCUT2D eigenvalue weighted by Gasteiger charge is 2.21. The molecule has 0 fully saturated rings. The van der Waals surface area contributed by atoms with E-state index in [1.807, 2.05) is 47.9 Å². The summed E-state index contributed by atoms with van der Waals surface area (Å²) in [7, 11) is 0. The Bertz CT molecular complexity index is 1170. The van der Waals surface area contributed by atoms with Gasteiger partial charge in [0.1, 0.15) is 0 Å². The van der Waals surface area contributed by atoms with E-state index in [1.54, 1.807) is 26.2 Å². The third-order valence-electron chi connectivity index (χ3n) is 4.40. The lowest BCUT2D eigenvalue weighted by molar-refractivity contribution is 0.0990. The number of hydrogen-bond donors (Lipinski definition) is 0. The number of nitrogens with zero attached hydrogens (tertiary/aromatic N) is 5. The molecule has 0 aliphatic rings. The van der Waals surface area contributed by atoms with Gasteiger partial charge in [-0.2, -0.15) is 0 Å². The van der Waals surface area contributed by atoms with Gasteiger partial charge in [0.05, 0.1) is 17.1 Å². The first kappa shape index (κ1) is 19.1. The Hall–Kier alpha value is -3.26. The first-order valence-corrected chi connectivity index (χ1v) is 10.0. The van der Waals surface area contributed by atoms with Crippen LogP contribution in [0.4, 0.5) is 0 Å². The van der Waals surface area contributed by atoms with Crippen LogP contribution >= 0.6 is 11.8 Å². The molecule has 0 spiro atoms. The number of carbonyl (C=O) groups excluding carboxylic acids is 1. The smallest absolute Gasteiger partial charge is 0.210 e. The zero-order valence-electron chi connectivity index (χ0n) is 16.3. The zero-order chi connectivity index (χ0) is 20.4. The Balaban J connectivity index is 1.70. The molecule has 0 saturated heterocycles. The number of oxazole rings is 1. The molecule has 0 saturated carbocycles. The van der Waals surface area contributed by atoms with Crippen LogP contribution in [0.5, 0.6) is 0 Å². The topological polar surface area (TPSA) is 86.7 Å². The summed E-state index contributed by atoms with van der Waals surface area (Å²) in [5.41, 5.74) is 3.48. The van der Waals surface area contributed by atoms with Crippen LogP contribution in [0.25, 0.3) is 17.1 Å². The van der Waals surface area contributed by atoms with Gasteiger partial charge in [-0.3, -0.25) is 14.3 Å². The highest BCUT2D eigenvalue weighted by Crippen LogP contribution is 2.29. The average Bonchev–Trinajstić information content (AvgIpc) is 3.29. The Kier molecular flexibility index (Phi) is 5.26. The fraction of sp³-hybridized carbons (Fsp3) is 0.190. The van der Waals surface area contributed by atoms with Gasteiger partial charge >= 0.3 is 0 Å². The molecule has 146 valence electrons. The Morgan fingerprint density at radius 1 is 1.10 bits per heavy atom. The lowest BCUT2D eigenvalue weighted by Gasteiger charge is -2.12. The zero-order valence-corrected chi connectivity index (χ0v) is 17.1. The van der Waals surface area contributed by atoms with Crippen molar-refractivity contribution < 1.29 is 9.21 Å². The molecule has 0 aliphatic carbocycles. The van der Waals surface area contributed by atoms with Crippen molar-refractivity contribution >= 4 is 17.5 Å². The van der Waals surface area contributed by atoms with Gasteiger partial charge in [-0.25, -0.2) is 4.98 Å². The summed E-state index contributed by atoms with van der Waals surface area (Å²) in [4.78, 5) is 21.0. The van der Waals surface area contributed by atoms with Crippen molar-refractivity contribution in [3.63, 3.8) is 0 Å². The summed E-state index contributed by atoms with van der Waals surface area (Å²) in [5.74, 6) is 1.50. The second-order valence-corrected chi connectivity index (χ2v) is 7.47. The largest absolute Gasteiger partial charge is 0.438 e. The molecular formula is C21H19N5O2S. The van der Waals surface area contributed by atoms with E-state index in [0.717, 1.165) is 16.8 Å². The number of thioether (sulfide) groups is 1.